The van der Waals surface area contributed by atoms with Crippen LogP contribution in [0.2, 0.25) is 18.6 Å². The van der Waals surface area contributed by atoms with E-state index in [2.05, 4.69) is 32.2 Å². The normalized spacial score (nSPS) is 24.6. The highest BCUT2D eigenvalue weighted by molar-refractivity contribution is 6.91. The summed E-state index contributed by atoms with van der Waals surface area (Å²) in [5.74, 6) is 1.14. The zero-order chi connectivity index (χ0) is 31.2. The van der Waals surface area contributed by atoms with Gasteiger partial charge < -0.3 is 29.0 Å². The van der Waals surface area contributed by atoms with Crippen molar-refractivity contribution in [1.29, 1.82) is 0 Å². The van der Waals surface area contributed by atoms with E-state index in [1.807, 2.05) is 54.6 Å². The second kappa shape index (κ2) is 11.6. The Morgan fingerprint density at radius 2 is 1.73 bits per heavy atom. The molecule has 4 atom stereocenters. The molecule has 2 amide bonds. The Morgan fingerprint density at radius 3 is 2.39 bits per heavy atom. The molecule has 3 aliphatic heterocycles. The molecule has 0 aromatic heterocycles. The lowest BCUT2D eigenvalue weighted by atomic mass is 9.82. The molecule has 0 saturated carbocycles. The van der Waals surface area contributed by atoms with Gasteiger partial charge in [0.25, 0.3) is 5.91 Å². The second-order valence-electron chi connectivity index (χ2n) is 12.4. The van der Waals surface area contributed by atoms with Gasteiger partial charge in [0.15, 0.2) is 5.60 Å². The molecule has 2 fully saturated rings. The van der Waals surface area contributed by atoms with Gasteiger partial charge in [-0.3, -0.25) is 9.69 Å². The van der Waals surface area contributed by atoms with Gasteiger partial charge >= 0.3 is 6.09 Å². The maximum Gasteiger partial charge on any atom is 0.414 e. The average molecular weight is 617 g/mol. The molecular formula is C34H40N2O7Si. The summed E-state index contributed by atoms with van der Waals surface area (Å²) in [6.45, 7) is 7.89. The molecule has 0 unspecified atom stereocenters. The Bertz CT molecular complexity index is 1560. The first kappa shape index (κ1) is 30.2. The summed E-state index contributed by atoms with van der Waals surface area (Å²) >= 11 is 0. The van der Waals surface area contributed by atoms with E-state index in [0.29, 0.717) is 31.9 Å². The first-order valence-electron chi connectivity index (χ1n) is 15.1. The minimum atomic E-state index is -2.28. The number of fused-ring (bicyclic) bond motifs is 2. The number of ether oxygens (including phenoxy) is 4. The molecular weight excluding hydrogens is 576 g/mol. The van der Waals surface area contributed by atoms with Gasteiger partial charge in [0, 0.05) is 23.8 Å². The molecule has 0 radical (unpaired) electrons. The number of methoxy groups -OCH3 is 2. The minimum absolute atomic E-state index is 0.0361. The van der Waals surface area contributed by atoms with Crippen LogP contribution in [0, 0.1) is 5.92 Å². The second-order valence-corrected chi connectivity index (χ2v) is 17.1. The van der Waals surface area contributed by atoms with Crippen LogP contribution in [0.3, 0.4) is 0 Å². The third-order valence-corrected chi connectivity index (χ3v) is 14.1. The maximum atomic E-state index is 14.8. The van der Waals surface area contributed by atoms with Crippen LogP contribution >= 0.6 is 0 Å². The van der Waals surface area contributed by atoms with Crippen molar-refractivity contribution in [2.75, 3.05) is 43.8 Å². The van der Waals surface area contributed by atoms with Crippen LogP contribution in [0.4, 0.5) is 16.2 Å². The summed E-state index contributed by atoms with van der Waals surface area (Å²) in [5, 5.41) is 11.4. The summed E-state index contributed by atoms with van der Waals surface area (Å²) in [7, 11) is 0.997. The number of hydrogen-bond donors (Lipinski definition) is 1. The van der Waals surface area contributed by atoms with E-state index in [1.54, 1.807) is 24.0 Å². The fourth-order valence-corrected chi connectivity index (χ4v) is 11.7. The minimum Gasteiger partial charge on any atom is -0.497 e. The molecule has 2 saturated heterocycles. The Labute approximate surface area is 259 Å². The van der Waals surface area contributed by atoms with Gasteiger partial charge in [-0.05, 0) is 60.0 Å². The fraction of sp³-hybridized carbons (Fsp3) is 0.412. The van der Waals surface area contributed by atoms with Gasteiger partial charge in [0.2, 0.25) is 0 Å². The SMILES string of the molecule is COc1ccc([Si](C)(C)[C@H]2[C@H](CCO)O[C@@]3(C(=O)N(Cc4cccc(N5CCOC5=O)c4)c4ccc(OC)cc43)[C@@H]2C)cc1. The lowest BCUT2D eigenvalue weighted by Crippen LogP contribution is -2.51. The van der Waals surface area contributed by atoms with Crippen LogP contribution in [-0.4, -0.2) is 65.3 Å². The monoisotopic (exact) mass is 616 g/mol. The molecule has 10 heteroatoms. The van der Waals surface area contributed by atoms with Gasteiger partial charge in [0.1, 0.15) is 18.1 Å². The number of aliphatic hydroxyl groups is 1. The van der Waals surface area contributed by atoms with Crippen molar-refractivity contribution in [1.82, 2.24) is 0 Å². The van der Waals surface area contributed by atoms with Crippen LogP contribution in [0.1, 0.15) is 24.5 Å². The van der Waals surface area contributed by atoms with Crippen LogP contribution < -0.4 is 24.5 Å². The number of carbonyl (C=O) groups is 2. The lowest BCUT2D eigenvalue weighted by Gasteiger charge is -2.37. The number of rotatable bonds is 9. The number of anilines is 2. The third-order valence-electron chi connectivity index (χ3n) is 9.78. The van der Waals surface area contributed by atoms with E-state index >= 15 is 0 Å². The first-order chi connectivity index (χ1) is 21.1. The molecule has 232 valence electrons. The van der Waals surface area contributed by atoms with Gasteiger partial charge in [0.05, 0.1) is 47.2 Å². The van der Waals surface area contributed by atoms with Gasteiger partial charge in [-0.2, -0.15) is 0 Å². The Hall–Kier alpha value is -3.86. The zero-order valence-corrected chi connectivity index (χ0v) is 26.9. The summed E-state index contributed by atoms with van der Waals surface area (Å²) in [4.78, 5) is 30.5. The fourth-order valence-electron chi connectivity index (χ4n) is 7.61. The van der Waals surface area contributed by atoms with Crippen LogP contribution in [0.5, 0.6) is 11.5 Å². The number of benzene rings is 3. The van der Waals surface area contributed by atoms with Crippen molar-refractivity contribution in [3.8, 4) is 11.5 Å². The maximum absolute atomic E-state index is 14.8. The number of cyclic esters (lactones) is 1. The molecule has 3 heterocycles. The van der Waals surface area contributed by atoms with Crippen molar-refractivity contribution in [2.24, 2.45) is 5.92 Å². The van der Waals surface area contributed by atoms with Gasteiger partial charge in [-0.25, -0.2) is 4.79 Å². The van der Waals surface area contributed by atoms with E-state index < -0.39 is 13.7 Å². The van der Waals surface area contributed by atoms with Gasteiger partial charge in [-0.1, -0.05) is 49.5 Å². The summed E-state index contributed by atoms with van der Waals surface area (Å²) in [5.41, 5.74) is 2.00. The quantitative estimate of drug-likeness (QED) is 0.345. The van der Waals surface area contributed by atoms with Crippen molar-refractivity contribution in [2.45, 2.75) is 50.2 Å². The molecule has 3 aliphatic rings. The predicted molar refractivity (Wildman–Crippen MR) is 171 cm³/mol. The third kappa shape index (κ3) is 4.76. The molecule has 0 aliphatic carbocycles. The molecule has 3 aromatic carbocycles. The van der Waals surface area contributed by atoms with Crippen LogP contribution in [0.15, 0.2) is 66.7 Å². The topological polar surface area (TPSA) is 97.8 Å². The highest BCUT2D eigenvalue weighted by Crippen LogP contribution is 2.60. The van der Waals surface area contributed by atoms with Crippen molar-refractivity contribution in [3.63, 3.8) is 0 Å². The zero-order valence-electron chi connectivity index (χ0n) is 25.9. The van der Waals surface area contributed by atoms with E-state index in [4.69, 9.17) is 18.9 Å². The Balaban J connectivity index is 1.41. The number of hydrogen-bond acceptors (Lipinski definition) is 7. The predicted octanol–water partition coefficient (Wildman–Crippen LogP) is 4.81. The van der Waals surface area contributed by atoms with E-state index in [0.717, 1.165) is 28.3 Å². The molecule has 1 N–H and O–H groups in total. The lowest BCUT2D eigenvalue weighted by molar-refractivity contribution is -0.146. The standard InChI is InChI=1S/C34H40N2O7Si/c1-22-31(44(4,5)27-12-9-25(40-2)10-13-27)30(15-17-37)43-34(22)28-20-26(41-3)11-14-29(28)36(32(34)38)21-23-7-6-8-24(19-23)35-16-18-42-33(35)39/h6-14,19-20,22,30-31,37H,15-18,21H2,1-5H3/t22-,30+,31-,34+/m1/s1. The largest absolute Gasteiger partial charge is 0.497 e. The molecule has 9 nitrogen and oxygen atoms in total. The molecule has 3 aromatic rings. The van der Waals surface area contributed by atoms with Crippen LogP contribution in [-0.2, 0) is 26.4 Å². The van der Waals surface area contributed by atoms with Crippen molar-refractivity contribution in [3.05, 3.63) is 77.9 Å². The highest BCUT2D eigenvalue weighted by atomic mass is 28.3. The smallest absolute Gasteiger partial charge is 0.414 e. The van der Waals surface area contributed by atoms with Crippen molar-refractivity contribution < 1.29 is 33.6 Å². The Morgan fingerprint density at radius 1 is 1.00 bits per heavy atom. The summed E-state index contributed by atoms with van der Waals surface area (Å²) in [6, 6.07) is 21.6. The Kier molecular flexibility index (Phi) is 7.94. The van der Waals surface area contributed by atoms with Gasteiger partial charge in [-0.15, -0.1) is 0 Å². The summed E-state index contributed by atoms with van der Waals surface area (Å²) in [6.07, 6.45) is -0.246. The number of amides is 2. The molecule has 6 rings (SSSR count). The van der Waals surface area contributed by atoms with Crippen molar-refractivity contribution >= 4 is 36.6 Å². The molecule has 44 heavy (non-hydrogen) atoms. The highest BCUT2D eigenvalue weighted by Gasteiger charge is 2.66. The average Bonchev–Trinajstić information content (AvgIpc) is 3.66. The number of carbonyl (C=O) groups excluding carboxylic acids is 2. The molecule has 0 bridgehead atoms. The first-order valence-corrected chi connectivity index (χ1v) is 18.2. The van der Waals surface area contributed by atoms with E-state index in [1.165, 1.54) is 5.19 Å². The van der Waals surface area contributed by atoms with E-state index in [-0.39, 0.29) is 36.2 Å². The summed E-state index contributed by atoms with van der Waals surface area (Å²) < 4.78 is 23.2. The molecule has 1 spiro atoms. The van der Waals surface area contributed by atoms with Crippen LogP contribution in [0.25, 0.3) is 0 Å². The van der Waals surface area contributed by atoms with E-state index in [9.17, 15) is 14.7 Å². The number of nitrogens with zero attached hydrogens (tertiary/aromatic N) is 2. The number of aliphatic hydroxyl groups excluding tert-OH is 1.